The standard InChI is InChI=1S/C16H16ClN3O4/c1-19-8-13-14(16(23)24-6-2-5-21)18-9-20(13)12-4-3-10(17)7-11(12)15(19)22/h3-4,7,9,21H,2,5-6,8H2,1H3. The van der Waals surface area contributed by atoms with Gasteiger partial charge >= 0.3 is 5.97 Å². The Morgan fingerprint density at radius 3 is 3.00 bits per heavy atom. The smallest absolute Gasteiger partial charge is 0.358 e. The molecule has 0 radical (unpaired) electrons. The minimum atomic E-state index is -0.574. The minimum Gasteiger partial charge on any atom is -0.461 e. The molecule has 0 fully saturated rings. The van der Waals surface area contributed by atoms with E-state index in [1.807, 2.05) is 0 Å². The molecule has 1 amide bonds. The van der Waals surface area contributed by atoms with Crippen molar-refractivity contribution in [1.82, 2.24) is 14.5 Å². The quantitative estimate of drug-likeness (QED) is 0.670. The van der Waals surface area contributed by atoms with Gasteiger partial charge < -0.3 is 14.7 Å². The topological polar surface area (TPSA) is 84.7 Å². The summed E-state index contributed by atoms with van der Waals surface area (Å²) < 4.78 is 6.81. The molecule has 0 spiro atoms. The monoisotopic (exact) mass is 349 g/mol. The molecule has 1 aromatic heterocycles. The molecule has 126 valence electrons. The van der Waals surface area contributed by atoms with Gasteiger partial charge in [-0.25, -0.2) is 9.78 Å². The summed E-state index contributed by atoms with van der Waals surface area (Å²) in [5, 5.41) is 9.23. The number of nitrogens with zero attached hydrogens (tertiary/aromatic N) is 3. The second kappa shape index (κ2) is 6.62. The van der Waals surface area contributed by atoms with Crippen LogP contribution < -0.4 is 0 Å². The Hall–Kier alpha value is -2.38. The molecule has 1 aliphatic rings. The van der Waals surface area contributed by atoms with Gasteiger partial charge in [0.1, 0.15) is 6.33 Å². The lowest BCUT2D eigenvalue weighted by atomic mass is 10.1. The molecule has 0 unspecified atom stereocenters. The van der Waals surface area contributed by atoms with Gasteiger partial charge in [-0.3, -0.25) is 9.36 Å². The maximum absolute atomic E-state index is 12.5. The van der Waals surface area contributed by atoms with Gasteiger partial charge in [-0.2, -0.15) is 0 Å². The number of aliphatic hydroxyl groups excluding tert-OH is 1. The Kier molecular flexibility index (Phi) is 4.55. The summed E-state index contributed by atoms with van der Waals surface area (Å²) in [5.74, 6) is -0.758. The van der Waals surface area contributed by atoms with Gasteiger partial charge in [0.25, 0.3) is 5.91 Å². The van der Waals surface area contributed by atoms with Gasteiger partial charge in [0.15, 0.2) is 5.69 Å². The van der Waals surface area contributed by atoms with E-state index < -0.39 is 5.97 Å². The summed E-state index contributed by atoms with van der Waals surface area (Å²) in [6.45, 7) is 0.276. The molecule has 1 N–H and O–H groups in total. The number of hydrogen-bond acceptors (Lipinski definition) is 5. The minimum absolute atomic E-state index is 0.0556. The lowest BCUT2D eigenvalue weighted by Crippen LogP contribution is -2.26. The highest BCUT2D eigenvalue weighted by Crippen LogP contribution is 2.28. The van der Waals surface area contributed by atoms with E-state index >= 15 is 0 Å². The van der Waals surface area contributed by atoms with Crippen LogP contribution in [0.4, 0.5) is 0 Å². The molecule has 1 aromatic carbocycles. The molecule has 0 bridgehead atoms. The highest BCUT2D eigenvalue weighted by atomic mass is 35.5. The summed E-state index contributed by atoms with van der Waals surface area (Å²) in [7, 11) is 1.65. The molecule has 1 aliphatic heterocycles. The highest BCUT2D eigenvalue weighted by Gasteiger charge is 2.29. The molecule has 8 heteroatoms. The van der Waals surface area contributed by atoms with Crippen molar-refractivity contribution < 1.29 is 19.4 Å². The zero-order valence-corrected chi connectivity index (χ0v) is 13.8. The highest BCUT2D eigenvalue weighted by molar-refractivity contribution is 6.31. The second-order valence-corrected chi connectivity index (χ2v) is 5.88. The third-order valence-electron chi connectivity index (χ3n) is 3.78. The number of carbonyl (C=O) groups excluding carboxylic acids is 2. The number of halogens is 1. The number of ether oxygens (including phenoxy) is 1. The number of imidazole rings is 1. The summed E-state index contributed by atoms with van der Waals surface area (Å²) in [6.07, 6.45) is 1.86. The number of hydrogen-bond donors (Lipinski definition) is 1. The van der Waals surface area contributed by atoms with Crippen LogP contribution >= 0.6 is 11.6 Å². The van der Waals surface area contributed by atoms with E-state index in [0.29, 0.717) is 28.4 Å². The van der Waals surface area contributed by atoms with Crippen molar-refractivity contribution in [1.29, 1.82) is 0 Å². The number of carbonyl (C=O) groups is 2. The van der Waals surface area contributed by atoms with E-state index in [4.69, 9.17) is 21.4 Å². The number of aromatic nitrogens is 2. The predicted molar refractivity (Wildman–Crippen MR) is 86.4 cm³/mol. The molecule has 0 saturated heterocycles. The molecule has 24 heavy (non-hydrogen) atoms. The van der Waals surface area contributed by atoms with Crippen LogP contribution in [-0.4, -0.2) is 51.7 Å². The SMILES string of the molecule is CN1Cc2c(C(=O)OCCCO)ncn2-c2ccc(Cl)cc2C1=O. The largest absolute Gasteiger partial charge is 0.461 e. The van der Waals surface area contributed by atoms with Crippen LogP contribution in [0.5, 0.6) is 0 Å². The Labute approximate surface area is 143 Å². The zero-order valence-electron chi connectivity index (χ0n) is 13.0. The first-order valence-electron chi connectivity index (χ1n) is 7.42. The van der Waals surface area contributed by atoms with Crippen molar-refractivity contribution >= 4 is 23.5 Å². The van der Waals surface area contributed by atoms with Crippen LogP contribution in [0.3, 0.4) is 0 Å². The first kappa shape index (κ1) is 16.5. The fraction of sp³-hybridized carbons (Fsp3) is 0.312. The molecular weight excluding hydrogens is 334 g/mol. The predicted octanol–water partition coefficient (Wildman–Crippen LogP) is 1.65. The zero-order chi connectivity index (χ0) is 17.3. The molecule has 0 aliphatic carbocycles. The average molecular weight is 350 g/mol. The van der Waals surface area contributed by atoms with E-state index in [0.717, 1.165) is 0 Å². The number of aliphatic hydroxyl groups is 1. The second-order valence-electron chi connectivity index (χ2n) is 5.45. The number of fused-ring (bicyclic) bond motifs is 3. The molecule has 2 heterocycles. The number of amides is 1. The van der Waals surface area contributed by atoms with Crippen LogP contribution in [-0.2, 0) is 11.3 Å². The van der Waals surface area contributed by atoms with Crippen molar-refractivity contribution in [2.75, 3.05) is 20.3 Å². The Bertz CT molecular complexity index is 803. The number of esters is 1. The van der Waals surface area contributed by atoms with E-state index in [2.05, 4.69) is 4.98 Å². The van der Waals surface area contributed by atoms with Crippen LogP contribution in [0.2, 0.25) is 5.02 Å². The van der Waals surface area contributed by atoms with Crippen LogP contribution in [0.1, 0.15) is 33.0 Å². The van der Waals surface area contributed by atoms with Crippen molar-refractivity contribution in [3.63, 3.8) is 0 Å². The summed E-state index contributed by atoms with van der Waals surface area (Å²) in [5.41, 5.74) is 1.79. The van der Waals surface area contributed by atoms with Gasteiger partial charge in [0.2, 0.25) is 0 Å². The average Bonchev–Trinajstić information content (AvgIpc) is 2.93. The lowest BCUT2D eigenvalue weighted by molar-refractivity contribution is 0.0472. The third-order valence-corrected chi connectivity index (χ3v) is 4.01. The van der Waals surface area contributed by atoms with Crippen molar-refractivity contribution in [3.8, 4) is 5.69 Å². The van der Waals surface area contributed by atoms with Crippen LogP contribution in [0, 0.1) is 0 Å². The van der Waals surface area contributed by atoms with Gasteiger partial charge in [0.05, 0.1) is 30.1 Å². The van der Waals surface area contributed by atoms with Crippen molar-refractivity contribution in [3.05, 3.63) is 46.5 Å². The molecule has 0 atom stereocenters. The normalized spacial score (nSPS) is 13.3. The molecular formula is C16H16ClN3O4. The van der Waals surface area contributed by atoms with Crippen LogP contribution in [0.25, 0.3) is 5.69 Å². The van der Waals surface area contributed by atoms with Gasteiger partial charge in [0, 0.05) is 25.1 Å². The molecule has 3 rings (SSSR count). The maximum Gasteiger partial charge on any atom is 0.358 e. The summed E-state index contributed by atoms with van der Waals surface area (Å²) in [4.78, 5) is 30.4. The van der Waals surface area contributed by atoms with E-state index in [9.17, 15) is 9.59 Å². The van der Waals surface area contributed by atoms with Gasteiger partial charge in [-0.05, 0) is 18.2 Å². The fourth-order valence-corrected chi connectivity index (χ4v) is 2.76. The summed E-state index contributed by atoms with van der Waals surface area (Å²) in [6, 6.07) is 5.01. The van der Waals surface area contributed by atoms with Crippen molar-refractivity contribution in [2.24, 2.45) is 0 Å². The number of rotatable bonds is 4. The maximum atomic E-state index is 12.5. The Morgan fingerprint density at radius 1 is 1.46 bits per heavy atom. The molecule has 0 saturated carbocycles. The van der Waals surface area contributed by atoms with Gasteiger partial charge in [-0.1, -0.05) is 11.6 Å². The molecule has 7 nitrogen and oxygen atoms in total. The third kappa shape index (κ3) is 2.88. The fourth-order valence-electron chi connectivity index (χ4n) is 2.59. The Morgan fingerprint density at radius 2 is 2.25 bits per heavy atom. The summed E-state index contributed by atoms with van der Waals surface area (Å²) >= 11 is 6.01. The van der Waals surface area contributed by atoms with E-state index in [1.54, 1.807) is 29.8 Å². The molecule has 2 aromatic rings. The number of benzene rings is 1. The van der Waals surface area contributed by atoms with E-state index in [-0.39, 0.29) is 31.4 Å². The first-order valence-corrected chi connectivity index (χ1v) is 7.80. The van der Waals surface area contributed by atoms with Crippen molar-refractivity contribution in [2.45, 2.75) is 13.0 Å². The van der Waals surface area contributed by atoms with Crippen LogP contribution in [0.15, 0.2) is 24.5 Å². The van der Waals surface area contributed by atoms with E-state index in [1.165, 1.54) is 11.2 Å². The first-order chi connectivity index (χ1) is 11.5. The lowest BCUT2D eigenvalue weighted by Gasteiger charge is -2.14. The Balaban J connectivity index is 2.03. The van der Waals surface area contributed by atoms with Gasteiger partial charge in [-0.15, -0.1) is 0 Å².